The zero-order valence-electron chi connectivity index (χ0n) is 13.6. The lowest BCUT2D eigenvalue weighted by atomic mass is 10.0. The third kappa shape index (κ3) is 3.14. The molecule has 1 saturated carbocycles. The summed E-state index contributed by atoms with van der Waals surface area (Å²) in [6.07, 6.45) is 2.11. The summed E-state index contributed by atoms with van der Waals surface area (Å²) in [5.74, 6) is -2.93. The van der Waals surface area contributed by atoms with Crippen LogP contribution in [-0.2, 0) is 16.0 Å². The molecule has 1 aromatic carbocycles. The fourth-order valence-corrected chi connectivity index (χ4v) is 2.77. The van der Waals surface area contributed by atoms with Gasteiger partial charge in [-0.3, -0.25) is 9.59 Å². The molecule has 26 heavy (non-hydrogen) atoms. The number of hydrogen-bond donors (Lipinski definition) is 0. The first-order valence-electron chi connectivity index (χ1n) is 7.96. The van der Waals surface area contributed by atoms with E-state index in [9.17, 15) is 14.0 Å². The van der Waals surface area contributed by atoms with Gasteiger partial charge in [-0.25, -0.2) is 8.78 Å². The van der Waals surface area contributed by atoms with Crippen LogP contribution in [0.25, 0.3) is 10.9 Å². The second-order valence-corrected chi connectivity index (χ2v) is 5.97. The van der Waals surface area contributed by atoms with Crippen LogP contribution in [0.4, 0.5) is 8.78 Å². The van der Waals surface area contributed by atoms with Crippen molar-refractivity contribution in [2.24, 2.45) is 0 Å². The minimum absolute atomic E-state index is 0.0212. The summed E-state index contributed by atoms with van der Waals surface area (Å²) in [4.78, 5) is 24.0. The summed E-state index contributed by atoms with van der Waals surface area (Å²) in [5.41, 5.74) is -1.55. The van der Waals surface area contributed by atoms with Crippen molar-refractivity contribution in [1.82, 2.24) is 4.57 Å². The van der Waals surface area contributed by atoms with Gasteiger partial charge in [0.05, 0.1) is 29.8 Å². The number of rotatable bonds is 5. The Bertz CT molecular complexity index is 1040. The van der Waals surface area contributed by atoms with Gasteiger partial charge in [0.25, 0.3) is 0 Å². The number of carbonyl (C=O) groups is 1. The quantitative estimate of drug-likeness (QED) is 0.605. The van der Waals surface area contributed by atoms with E-state index in [0.29, 0.717) is 0 Å². The van der Waals surface area contributed by atoms with Crippen molar-refractivity contribution in [3.8, 4) is 12.1 Å². The number of benzene rings is 1. The molecule has 0 spiro atoms. The minimum atomic E-state index is -1.05. The zero-order valence-corrected chi connectivity index (χ0v) is 13.6. The molecular weight excluding hydrogens is 344 g/mol. The molecule has 8 heteroatoms. The van der Waals surface area contributed by atoms with Gasteiger partial charge in [0.1, 0.15) is 24.1 Å². The Morgan fingerprint density at radius 1 is 1.35 bits per heavy atom. The number of carbonyl (C=O) groups excluding carboxylic acids is 1. The normalized spacial score (nSPS) is 13.2. The Balaban J connectivity index is 2.11. The molecule has 1 aromatic heterocycles. The van der Waals surface area contributed by atoms with Crippen LogP contribution in [0, 0.1) is 34.3 Å². The molecule has 1 aliphatic carbocycles. The lowest BCUT2D eigenvalue weighted by Crippen LogP contribution is -2.17. The fourth-order valence-electron chi connectivity index (χ4n) is 2.77. The van der Waals surface area contributed by atoms with Gasteiger partial charge in [0, 0.05) is 17.8 Å². The molecule has 0 saturated heterocycles. The maximum Gasteiger partial charge on any atom is 0.310 e. The highest BCUT2D eigenvalue weighted by molar-refractivity contribution is 5.84. The summed E-state index contributed by atoms with van der Waals surface area (Å²) in [6, 6.07) is 4.32. The highest BCUT2D eigenvalue weighted by Crippen LogP contribution is 2.38. The van der Waals surface area contributed by atoms with Crippen molar-refractivity contribution < 1.29 is 18.3 Å². The van der Waals surface area contributed by atoms with Crippen LogP contribution in [0.2, 0.25) is 0 Å². The Morgan fingerprint density at radius 3 is 2.69 bits per heavy atom. The van der Waals surface area contributed by atoms with Crippen LogP contribution in [0.1, 0.15) is 36.4 Å². The number of nitriles is 2. The molecule has 0 amide bonds. The molecule has 1 fully saturated rings. The molecule has 1 heterocycles. The molecule has 0 unspecified atom stereocenters. The van der Waals surface area contributed by atoms with E-state index >= 15 is 4.39 Å². The van der Waals surface area contributed by atoms with E-state index < -0.39 is 35.0 Å². The Hall–Kier alpha value is -3.26. The van der Waals surface area contributed by atoms with Crippen molar-refractivity contribution in [2.75, 3.05) is 6.61 Å². The van der Waals surface area contributed by atoms with E-state index in [-0.39, 0.29) is 35.5 Å². The molecule has 1 aliphatic rings. The summed E-state index contributed by atoms with van der Waals surface area (Å²) >= 11 is 0. The van der Waals surface area contributed by atoms with E-state index in [2.05, 4.69) is 0 Å². The predicted molar refractivity (Wildman–Crippen MR) is 86.0 cm³/mol. The van der Waals surface area contributed by atoms with Crippen LogP contribution in [0.5, 0.6) is 0 Å². The number of esters is 1. The van der Waals surface area contributed by atoms with Gasteiger partial charge < -0.3 is 9.30 Å². The molecule has 0 aliphatic heterocycles. The Kier molecular flexibility index (Phi) is 4.68. The van der Waals surface area contributed by atoms with E-state index in [0.717, 1.165) is 18.9 Å². The highest BCUT2D eigenvalue weighted by atomic mass is 19.1. The SMILES string of the molecule is N#CCCOC(=O)Cc1c(F)cc2c(=O)c(C#N)cn(C3CC3)c2c1F. The topological polar surface area (TPSA) is 95.9 Å². The maximum atomic E-state index is 15.0. The summed E-state index contributed by atoms with van der Waals surface area (Å²) in [6.45, 7) is -0.162. The van der Waals surface area contributed by atoms with Gasteiger partial charge in [0.15, 0.2) is 5.82 Å². The van der Waals surface area contributed by atoms with Crippen LogP contribution in [0.15, 0.2) is 17.1 Å². The monoisotopic (exact) mass is 357 g/mol. The van der Waals surface area contributed by atoms with Gasteiger partial charge in [0.2, 0.25) is 5.43 Å². The Labute approximate surface area is 146 Å². The molecule has 0 N–H and O–H groups in total. The maximum absolute atomic E-state index is 15.0. The largest absolute Gasteiger partial charge is 0.464 e. The van der Waals surface area contributed by atoms with E-state index in [1.165, 1.54) is 10.8 Å². The van der Waals surface area contributed by atoms with Crippen molar-refractivity contribution in [1.29, 1.82) is 10.5 Å². The van der Waals surface area contributed by atoms with Gasteiger partial charge in [-0.1, -0.05) is 0 Å². The third-order valence-corrected chi connectivity index (χ3v) is 4.16. The van der Waals surface area contributed by atoms with Crippen LogP contribution in [0.3, 0.4) is 0 Å². The van der Waals surface area contributed by atoms with Crippen molar-refractivity contribution >= 4 is 16.9 Å². The number of nitrogens with zero attached hydrogens (tertiary/aromatic N) is 3. The number of pyridine rings is 1. The van der Waals surface area contributed by atoms with E-state index in [4.69, 9.17) is 15.3 Å². The first-order valence-corrected chi connectivity index (χ1v) is 7.96. The molecular formula is C18H13F2N3O3. The first-order chi connectivity index (χ1) is 12.5. The zero-order chi connectivity index (χ0) is 18.8. The molecule has 6 nitrogen and oxygen atoms in total. The second kappa shape index (κ2) is 6.93. The average molecular weight is 357 g/mol. The standard InChI is InChI=1S/C18H13F2N3O3/c19-14-6-13-17(16(20)12(14)7-15(24)26-5-1-4-21)23(11-2-3-11)9-10(8-22)18(13)25/h6,9,11H,1-3,5,7H2. The van der Waals surface area contributed by atoms with Crippen LogP contribution < -0.4 is 5.43 Å². The van der Waals surface area contributed by atoms with Crippen molar-refractivity contribution in [3.05, 3.63) is 45.2 Å². The Morgan fingerprint density at radius 2 is 2.08 bits per heavy atom. The van der Waals surface area contributed by atoms with Crippen LogP contribution >= 0.6 is 0 Å². The molecule has 0 atom stereocenters. The molecule has 0 bridgehead atoms. The number of fused-ring (bicyclic) bond motifs is 1. The first kappa shape index (κ1) is 17.6. The van der Waals surface area contributed by atoms with Crippen molar-refractivity contribution in [3.63, 3.8) is 0 Å². The smallest absolute Gasteiger partial charge is 0.310 e. The fraction of sp³-hybridized carbons (Fsp3) is 0.333. The molecule has 2 aromatic rings. The number of aromatic nitrogens is 1. The van der Waals surface area contributed by atoms with E-state index in [1.807, 2.05) is 0 Å². The molecule has 132 valence electrons. The number of halogens is 2. The number of ether oxygens (including phenoxy) is 1. The summed E-state index contributed by atoms with van der Waals surface area (Å²) < 4.78 is 35.6. The number of hydrogen-bond acceptors (Lipinski definition) is 5. The van der Waals surface area contributed by atoms with Gasteiger partial charge in [-0.05, 0) is 18.9 Å². The van der Waals surface area contributed by atoms with Crippen molar-refractivity contribution in [2.45, 2.75) is 31.7 Å². The average Bonchev–Trinajstić information content (AvgIpc) is 3.44. The molecule has 0 radical (unpaired) electrons. The summed E-state index contributed by atoms with van der Waals surface area (Å²) in [5, 5.41) is 17.3. The van der Waals surface area contributed by atoms with E-state index in [1.54, 1.807) is 12.1 Å². The third-order valence-electron chi connectivity index (χ3n) is 4.16. The molecule has 3 rings (SSSR count). The summed E-state index contributed by atoms with van der Waals surface area (Å²) in [7, 11) is 0. The lowest BCUT2D eigenvalue weighted by Gasteiger charge is -2.14. The second-order valence-electron chi connectivity index (χ2n) is 5.97. The van der Waals surface area contributed by atoms with Gasteiger partial charge in [-0.15, -0.1) is 0 Å². The van der Waals surface area contributed by atoms with Crippen LogP contribution in [-0.4, -0.2) is 17.1 Å². The van der Waals surface area contributed by atoms with Gasteiger partial charge in [-0.2, -0.15) is 10.5 Å². The minimum Gasteiger partial charge on any atom is -0.464 e. The highest BCUT2D eigenvalue weighted by Gasteiger charge is 2.29. The predicted octanol–water partition coefficient (Wildman–Crippen LogP) is 2.49. The lowest BCUT2D eigenvalue weighted by molar-refractivity contribution is -0.142. The van der Waals surface area contributed by atoms with Gasteiger partial charge >= 0.3 is 5.97 Å².